The largest absolute Gasteiger partial charge is 0.493 e. The molecule has 0 amide bonds. The number of nitrogens with zero attached hydrogens (tertiary/aromatic N) is 1. The summed E-state index contributed by atoms with van der Waals surface area (Å²) in [6.07, 6.45) is 0.564. The summed E-state index contributed by atoms with van der Waals surface area (Å²) in [6.45, 7) is 2.15. The van der Waals surface area contributed by atoms with E-state index in [4.69, 9.17) is 4.74 Å². The van der Waals surface area contributed by atoms with E-state index in [0.29, 0.717) is 25.5 Å². The molecule has 0 spiro atoms. The highest BCUT2D eigenvalue weighted by molar-refractivity contribution is 14.0. The van der Waals surface area contributed by atoms with Crippen LogP contribution in [0.25, 0.3) is 0 Å². The van der Waals surface area contributed by atoms with Crippen LogP contribution in [0.15, 0.2) is 40.0 Å². The smallest absolute Gasteiger partial charge is 0.387 e. The third kappa shape index (κ3) is 8.23. The first kappa shape index (κ1) is 26.4. The topological polar surface area (TPSA) is 75.1 Å². The first-order chi connectivity index (χ1) is 13.9. The maximum Gasteiger partial charge on any atom is 0.387 e. The van der Waals surface area contributed by atoms with Gasteiger partial charge in [0, 0.05) is 13.1 Å². The van der Waals surface area contributed by atoms with E-state index >= 15 is 0 Å². The number of aliphatic imine (C=N–C) groups is 1. The number of nitrogens with one attached hydrogen (secondary N) is 2. The van der Waals surface area contributed by atoms with Crippen molar-refractivity contribution in [3.63, 3.8) is 0 Å². The number of hydrogen-bond donors (Lipinski definition) is 3. The normalized spacial score (nSPS) is 13.4. The van der Waals surface area contributed by atoms with E-state index in [9.17, 15) is 13.9 Å². The molecule has 2 rings (SSSR count). The second-order valence-electron chi connectivity index (χ2n) is 6.52. The summed E-state index contributed by atoms with van der Waals surface area (Å²) < 4.78 is 34.7. The van der Waals surface area contributed by atoms with Crippen LogP contribution in [0.1, 0.15) is 25.0 Å². The molecule has 10 heteroatoms. The molecule has 0 aliphatic heterocycles. The monoisotopic (exact) mass is 555 g/mol. The van der Waals surface area contributed by atoms with E-state index in [1.165, 1.54) is 24.5 Å². The molecular weight excluding hydrogens is 527 g/mol. The van der Waals surface area contributed by atoms with Gasteiger partial charge < -0.3 is 25.2 Å². The molecule has 1 atom stereocenters. The molecule has 6 nitrogen and oxygen atoms in total. The van der Waals surface area contributed by atoms with Crippen molar-refractivity contribution in [2.75, 3.05) is 26.7 Å². The fourth-order valence-corrected chi connectivity index (χ4v) is 3.41. The van der Waals surface area contributed by atoms with Crippen LogP contribution in [-0.4, -0.2) is 44.4 Å². The maximum atomic E-state index is 12.6. The van der Waals surface area contributed by atoms with Gasteiger partial charge in [0.2, 0.25) is 0 Å². The first-order valence-electron chi connectivity index (χ1n) is 9.24. The van der Waals surface area contributed by atoms with Crippen molar-refractivity contribution in [1.29, 1.82) is 0 Å². The summed E-state index contributed by atoms with van der Waals surface area (Å²) in [5.74, 6) is 0.834. The molecule has 1 aromatic carbocycles. The Hall–Kier alpha value is -1.66. The van der Waals surface area contributed by atoms with Crippen molar-refractivity contribution < 1.29 is 23.4 Å². The molecule has 0 radical (unpaired) electrons. The van der Waals surface area contributed by atoms with Crippen molar-refractivity contribution in [1.82, 2.24) is 10.6 Å². The predicted molar refractivity (Wildman–Crippen MR) is 127 cm³/mol. The van der Waals surface area contributed by atoms with Crippen LogP contribution in [0.4, 0.5) is 8.78 Å². The standard InChI is InChI=1S/C20H27F2N3O3S.HI/c1-4-23-19(25-13-20(2,26)15-8-10-29-12-15)24-9-7-14-5-6-16(27-3)17(11-14)28-18(21)22;/h5-6,8,10-12,18,26H,4,7,9,13H2,1-3H3,(H2,23,24,25);1H. The number of methoxy groups -OCH3 is 1. The molecule has 0 aliphatic carbocycles. The van der Waals surface area contributed by atoms with E-state index < -0.39 is 12.2 Å². The lowest BCUT2D eigenvalue weighted by Gasteiger charge is -2.21. The summed E-state index contributed by atoms with van der Waals surface area (Å²) in [7, 11) is 1.40. The Balaban J connectivity index is 0.00000450. The highest BCUT2D eigenvalue weighted by atomic mass is 127. The number of rotatable bonds is 10. The summed E-state index contributed by atoms with van der Waals surface area (Å²) in [4.78, 5) is 4.46. The van der Waals surface area contributed by atoms with Crippen molar-refractivity contribution in [2.45, 2.75) is 32.5 Å². The molecule has 0 saturated carbocycles. The van der Waals surface area contributed by atoms with Gasteiger partial charge in [-0.2, -0.15) is 20.1 Å². The van der Waals surface area contributed by atoms with Crippen LogP contribution in [0.5, 0.6) is 11.5 Å². The van der Waals surface area contributed by atoms with E-state index in [0.717, 1.165) is 11.1 Å². The maximum absolute atomic E-state index is 12.6. The Morgan fingerprint density at radius 3 is 2.63 bits per heavy atom. The van der Waals surface area contributed by atoms with Gasteiger partial charge in [0.15, 0.2) is 17.5 Å². The predicted octanol–water partition coefficient (Wildman–Crippen LogP) is 3.98. The number of guanidine groups is 1. The lowest BCUT2D eigenvalue weighted by Crippen LogP contribution is -2.39. The fourth-order valence-electron chi connectivity index (χ4n) is 2.63. The Kier molecular flexibility index (Phi) is 11.3. The van der Waals surface area contributed by atoms with Gasteiger partial charge in [-0.25, -0.2) is 4.99 Å². The minimum atomic E-state index is -2.92. The number of halogens is 3. The van der Waals surface area contributed by atoms with Gasteiger partial charge in [-0.3, -0.25) is 0 Å². The summed E-state index contributed by atoms with van der Waals surface area (Å²) >= 11 is 1.52. The van der Waals surface area contributed by atoms with Gasteiger partial charge in [-0.1, -0.05) is 6.07 Å². The molecule has 3 N–H and O–H groups in total. The molecule has 0 aliphatic rings. The van der Waals surface area contributed by atoms with Crippen LogP contribution in [-0.2, 0) is 12.0 Å². The van der Waals surface area contributed by atoms with Crippen molar-refractivity contribution in [3.05, 3.63) is 46.2 Å². The summed E-state index contributed by atoms with van der Waals surface area (Å²) in [5, 5.41) is 20.7. The highest BCUT2D eigenvalue weighted by Gasteiger charge is 2.23. The van der Waals surface area contributed by atoms with E-state index in [-0.39, 0.29) is 42.0 Å². The van der Waals surface area contributed by atoms with Crippen LogP contribution < -0.4 is 20.1 Å². The molecule has 30 heavy (non-hydrogen) atoms. The molecule has 0 bridgehead atoms. The SMILES string of the molecule is CCNC(=NCC(C)(O)c1ccsc1)NCCc1ccc(OC)c(OC(F)F)c1.I. The Labute approximate surface area is 196 Å². The minimum absolute atomic E-state index is 0. The second kappa shape index (κ2) is 12.9. The van der Waals surface area contributed by atoms with Crippen molar-refractivity contribution in [3.8, 4) is 11.5 Å². The molecule has 1 heterocycles. The fraction of sp³-hybridized carbons (Fsp3) is 0.450. The second-order valence-corrected chi connectivity index (χ2v) is 7.30. The minimum Gasteiger partial charge on any atom is -0.493 e. The van der Waals surface area contributed by atoms with Crippen LogP contribution in [0.2, 0.25) is 0 Å². The Bertz CT molecular complexity index is 790. The van der Waals surface area contributed by atoms with E-state index in [1.54, 1.807) is 19.1 Å². The number of hydrogen-bond acceptors (Lipinski definition) is 5. The Morgan fingerprint density at radius 1 is 1.27 bits per heavy atom. The van der Waals surface area contributed by atoms with Crippen molar-refractivity contribution in [2.24, 2.45) is 4.99 Å². The summed E-state index contributed by atoms with van der Waals surface area (Å²) in [5.41, 5.74) is 0.585. The van der Waals surface area contributed by atoms with Gasteiger partial charge >= 0.3 is 6.61 Å². The highest BCUT2D eigenvalue weighted by Crippen LogP contribution is 2.29. The molecule has 1 aromatic heterocycles. The van der Waals surface area contributed by atoms with Crippen molar-refractivity contribution >= 4 is 41.3 Å². The zero-order chi connectivity index (χ0) is 21.3. The van der Waals surface area contributed by atoms with Gasteiger partial charge in [0.05, 0.1) is 13.7 Å². The zero-order valence-electron chi connectivity index (χ0n) is 17.2. The molecule has 2 aromatic rings. The van der Waals surface area contributed by atoms with E-state index in [1.807, 2.05) is 23.8 Å². The first-order valence-corrected chi connectivity index (χ1v) is 10.2. The average Bonchev–Trinajstić information content (AvgIpc) is 3.22. The van der Waals surface area contributed by atoms with E-state index in [2.05, 4.69) is 20.4 Å². The zero-order valence-corrected chi connectivity index (χ0v) is 20.3. The number of benzene rings is 1. The molecule has 168 valence electrons. The molecular formula is C20H28F2IN3O3S. The summed E-state index contributed by atoms with van der Waals surface area (Å²) in [6, 6.07) is 6.82. The lowest BCUT2D eigenvalue weighted by atomic mass is 10.00. The van der Waals surface area contributed by atoms with Crippen LogP contribution >= 0.6 is 35.3 Å². The molecule has 0 saturated heterocycles. The third-order valence-electron chi connectivity index (χ3n) is 4.18. The number of alkyl halides is 2. The van der Waals surface area contributed by atoms with Crippen LogP contribution in [0, 0.1) is 0 Å². The third-order valence-corrected chi connectivity index (χ3v) is 4.87. The molecule has 1 unspecified atom stereocenters. The number of aliphatic hydroxyl groups is 1. The Morgan fingerprint density at radius 2 is 2.03 bits per heavy atom. The number of ether oxygens (including phenoxy) is 2. The van der Waals surface area contributed by atoms with Gasteiger partial charge in [0.1, 0.15) is 5.60 Å². The number of thiophene rings is 1. The van der Waals surface area contributed by atoms with Gasteiger partial charge in [0.25, 0.3) is 0 Å². The van der Waals surface area contributed by atoms with Crippen LogP contribution in [0.3, 0.4) is 0 Å². The quantitative estimate of drug-likeness (QED) is 0.235. The molecule has 0 fully saturated rings. The average molecular weight is 555 g/mol. The lowest BCUT2D eigenvalue weighted by molar-refractivity contribution is -0.0512. The van der Waals surface area contributed by atoms with Gasteiger partial charge in [-0.15, -0.1) is 24.0 Å². The van der Waals surface area contributed by atoms with Gasteiger partial charge in [-0.05, 0) is 60.4 Å².